The molecule has 0 aliphatic carbocycles. The van der Waals surface area contributed by atoms with Crippen LogP contribution in [0.25, 0.3) is 22.0 Å². The van der Waals surface area contributed by atoms with Gasteiger partial charge in [-0.1, -0.05) is 44.2 Å². The van der Waals surface area contributed by atoms with Crippen LogP contribution < -0.4 is 5.56 Å². The normalized spacial score (nSPS) is 19.2. The van der Waals surface area contributed by atoms with Crippen molar-refractivity contribution in [1.29, 1.82) is 0 Å². The molecule has 1 aromatic heterocycles. The number of hydrogen-bond acceptors (Lipinski definition) is 4. The van der Waals surface area contributed by atoms with Gasteiger partial charge in [0.2, 0.25) is 0 Å². The summed E-state index contributed by atoms with van der Waals surface area (Å²) in [7, 11) is 0. The van der Waals surface area contributed by atoms with Gasteiger partial charge in [-0.25, -0.2) is 4.39 Å². The fourth-order valence-electron chi connectivity index (χ4n) is 3.85. The first kappa shape index (κ1) is 19.1. The molecule has 1 atom stereocenters. The molecule has 0 bridgehead atoms. The number of benzene rings is 2. The molecule has 1 aliphatic rings. The van der Waals surface area contributed by atoms with Gasteiger partial charge in [0.05, 0.1) is 0 Å². The molecule has 0 radical (unpaired) electrons. The molecule has 0 spiro atoms. The van der Waals surface area contributed by atoms with Crippen LogP contribution >= 0.6 is 0 Å². The molecule has 5 nitrogen and oxygen atoms in total. The second kappa shape index (κ2) is 6.95. The Morgan fingerprint density at radius 2 is 1.90 bits per heavy atom. The Labute approximate surface area is 166 Å². The number of rotatable bonds is 4. The molecule has 3 aromatic rings. The van der Waals surface area contributed by atoms with Crippen LogP contribution in [0.2, 0.25) is 0 Å². The summed E-state index contributed by atoms with van der Waals surface area (Å²) in [5.74, 6) is -1.45. The number of ether oxygens (including phenoxy) is 1. The van der Waals surface area contributed by atoms with Crippen LogP contribution in [0.4, 0.5) is 4.39 Å². The van der Waals surface area contributed by atoms with Crippen molar-refractivity contribution in [2.45, 2.75) is 32.3 Å². The van der Waals surface area contributed by atoms with E-state index in [1.54, 1.807) is 44.2 Å². The van der Waals surface area contributed by atoms with Crippen LogP contribution in [0.3, 0.4) is 0 Å². The monoisotopic (exact) mass is 393 g/mol. The summed E-state index contributed by atoms with van der Waals surface area (Å²) in [6, 6.07) is 13.5. The van der Waals surface area contributed by atoms with E-state index in [1.165, 1.54) is 6.07 Å². The highest BCUT2D eigenvalue weighted by molar-refractivity contribution is 6.06. The lowest BCUT2D eigenvalue weighted by Gasteiger charge is -2.29. The molecule has 1 fully saturated rings. The van der Waals surface area contributed by atoms with Crippen LogP contribution in [-0.4, -0.2) is 22.3 Å². The Bertz CT molecular complexity index is 1200. The molecule has 2 aromatic carbocycles. The first-order valence-electron chi connectivity index (χ1n) is 9.46. The maximum Gasteiger partial charge on any atom is 0.314 e. The summed E-state index contributed by atoms with van der Waals surface area (Å²) < 4.78 is 19.5. The number of fused-ring (bicyclic) bond motifs is 1. The maximum absolute atomic E-state index is 14.1. The van der Waals surface area contributed by atoms with Crippen LogP contribution in [0.5, 0.6) is 0 Å². The van der Waals surface area contributed by atoms with E-state index in [0.717, 1.165) is 5.39 Å². The fourth-order valence-corrected chi connectivity index (χ4v) is 3.85. The van der Waals surface area contributed by atoms with Crippen molar-refractivity contribution in [1.82, 2.24) is 4.98 Å². The van der Waals surface area contributed by atoms with Crippen molar-refractivity contribution >= 4 is 22.5 Å². The zero-order chi connectivity index (χ0) is 20.8. The Morgan fingerprint density at radius 3 is 2.55 bits per heavy atom. The van der Waals surface area contributed by atoms with Gasteiger partial charge in [-0.3, -0.25) is 14.4 Å². The maximum atomic E-state index is 14.1. The number of ketones is 1. The first-order chi connectivity index (χ1) is 13.8. The van der Waals surface area contributed by atoms with Crippen LogP contribution in [0, 0.1) is 11.7 Å². The molecule has 4 rings (SSSR count). The van der Waals surface area contributed by atoms with E-state index in [9.17, 15) is 18.8 Å². The number of carbonyl (C=O) groups is 2. The quantitative estimate of drug-likeness (QED) is 0.541. The Morgan fingerprint density at radius 1 is 1.10 bits per heavy atom. The molecular formula is C23H20FNO4. The number of esters is 1. The van der Waals surface area contributed by atoms with E-state index >= 15 is 0 Å². The fraction of sp³-hybridized carbons (Fsp3) is 0.261. The number of cyclic esters (lactones) is 1. The zero-order valence-corrected chi connectivity index (χ0v) is 16.1. The second-order valence-electron chi connectivity index (χ2n) is 7.70. The number of aromatic amines is 1. The second-order valence-corrected chi connectivity index (χ2v) is 7.70. The molecule has 2 heterocycles. The standard InChI is InChI=1S/C23H20FNO4/c1-13(2)23(20(26)11-21(27)29-23)12-16-8-9-19(25-22(16)28)15-7-6-14-4-3-5-18(24)17(14)10-15/h3-10,13H,11-12H2,1-2H3,(H,25,28). The van der Waals surface area contributed by atoms with Gasteiger partial charge in [0.1, 0.15) is 12.2 Å². The van der Waals surface area contributed by atoms with Gasteiger partial charge in [0.15, 0.2) is 11.4 Å². The Balaban J connectivity index is 1.70. The summed E-state index contributed by atoms with van der Waals surface area (Å²) in [4.78, 5) is 39.6. The van der Waals surface area contributed by atoms with Crippen LogP contribution in [0.1, 0.15) is 25.8 Å². The largest absolute Gasteiger partial charge is 0.450 e. The predicted molar refractivity (Wildman–Crippen MR) is 107 cm³/mol. The van der Waals surface area contributed by atoms with Crippen molar-refractivity contribution < 1.29 is 18.7 Å². The third-order valence-electron chi connectivity index (χ3n) is 5.59. The van der Waals surface area contributed by atoms with Gasteiger partial charge in [-0.2, -0.15) is 0 Å². The summed E-state index contributed by atoms with van der Waals surface area (Å²) in [6.45, 7) is 3.59. The average molecular weight is 393 g/mol. The summed E-state index contributed by atoms with van der Waals surface area (Å²) in [6.07, 6.45) is -0.242. The van der Waals surface area contributed by atoms with Gasteiger partial charge >= 0.3 is 5.97 Å². The van der Waals surface area contributed by atoms with Gasteiger partial charge in [-0.05, 0) is 29.1 Å². The molecule has 0 amide bonds. The Kier molecular flexibility index (Phi) is 4.57. The summed E-state index contributed by atoms with van der Waals surface area (Å²) in [5.41, 5.74) is -0.104. The van der Waals surface area contributed by atoms with E-state index < -0.39 is 11.6 Å². The van der Waals surface area contributed by atoms with Crippen molar-refractivity contribution in [3.05, 3.63) is 70.3 Å². The lowest BCUT2D eigenvalue weighted by molar-refractivity contribution is -0.156. The molecule has 0 saturated carbocycles. The Hall–Kier alpha value is -3.28. The molecular weight excluding hydrogens is 373 g/mol. The molecule has 1 N–H and O–H groups in total. The minimum atomic E-state index is -1.31. The van der Waals surface area contributed by atoms with E-state index in [1.807, 2.05) is 12.1 Å². The molecule has 1 saturated heterocycles. The molecule has 148 valence electrons. The van der Waals surface area contributed by atoms with Crippen LogP contribution in [-0.2, 0) is 20.7 Å². The van der Waals surface area contributed by atoms with E-state index in [-0.39, 0.29) is 35.9 Å². The third kappa shape index (κ3) is 3.24. The number of halogens is 1. The van der Waals surface area contributed by atoms with Gasteiger partial charge in [0.25, 0.3) is 5.56 Å². The number of H-pyrrole nitrogens is 1. The van der Waals surface area contributed by atoms with Crippen molar-refractivity contribution in [2.24, 2.45) is 5.92 Å². The molecule has 6 heteroatoms. The smallest absolute Gasteiger partial charge is 0.314 e. The number of carbonyl (C=O) groups excluding carboxylic acids is 2. The SMILES string of the molecule is CC(C)C1(Cc2ccc(-c3ccc4cccc(F)c4c3)[nH]c2=O)OC(=O)CC1=O. The summed E-state index contributed by atoms with van der Waals surface area (Å²) >= 11 is 0. The summed E-state index contributed by atoms with van der Waals surface area (Å²) in [5, 5.41) is 1.24. The van der Waals surface area contributed by atoms with Crippen molar-refractivity contribution in [3.63, 3.8) is 0 Å². The highest BCUT2D eigenvalue weighted by Crippen LogP contribution is 2.34. The van der Waals surface area contributed by atoms with E-state index in [2.05, 4.69) is 4.98 Å². The van der Waals surface area contributed by atoms with Crippen molar-refractivity contribution in [3.8, 4) is 11.3 Å². The molecule has 1 aliphatic heterocycles. The lowest BCUT2D eigenvalue weighted by Crippen LogP contribution is -2.45. The van der Waals surface area contributed by atoms with E-state index in [4.69, 9.17) is 4.74 Å². The van der Waals surface area contributed by atoms with Gasteiger partial charge in [-0.15, -0.1) is 0 Å². The van der Waals surface area contributed by atoms with Crippen molar-refractivity contribution in [2.75, 3.05) is 0 Å². The average Bonchev–Trinajstić information content (AvgIpc) is 2.98. The number of pyridine rings is 1. The lowest BCUT2D eigenvalue weighted by atomic mass is 9.81. The van der Waals surface area contributed by atoms with Crippen LogP contribution in [0.15, 0.2) is 53.3 Å². The number of aromatic nitrogens is 1. The highest BCUT2D eigenvalue weighted by Gasteiger charge is 2.51. The zero-order valence-electron chi connectivity index (χ0n) is 16.1. The molecule has 29 heavy (non-hydrogen) atoms. The minimum Gasteiger partial charge on any atom is -0.450 e. The minimum absolute atomic E-state index is 0.0250. The van der Waals surface area contributed by atoms with Gasteiger partial charge in [0, 0.05) is 29.0 Å². The highest BCUT2D eigenvalue weighted by atomic mass is 19.1. The third-order valence-corrected chi connectivity index (χ3v) is 5.59. The number of Topliss-reactive ketones (excluding diaryl/α,β-unsaturated/α-hetero) is 1. The van der Waals surface area contributed by atoms with E-state index in [0.29, 0.717) is 22.2 Å². The topological polar surface area (TPSA) is 76.2 Å². The van der Waals surface area contributed by atoms with Gasteiger partial charge < -0.3 is 9.72 Å². The molecule has 1 unspecified atom stereocenters. The predicted octanol–water partition coefficient (Wildman–Crippen LogP) is 3.79. The number of hydrogen-bond donors (Lipinski definition) is 1. The first-order valence-corrected chi connectivity index (χ1v) is 9.46. The number of nitrogens with one attached hydrogen (secondary N) is 1.